The molecule has 0 atom stereocenters. The SMILES string of the molecule is CCN1CCN(Cc2ccc(NC(=O)c3ccc(C)c(NC(=O)c4cnc5[nH]ccc5c4)c3)cc2C(F)(F)F)CC1. The molecule has 1 saturated heterocycles. The molecule has 2 aromatic heterocycles. The number of nitrogens with one attached hydrogen (secondary N) is 3. The van der Waals surface area contributed by atoms with Crippen molar-refractivity contribution in [2.45, 2.75) is 26.6 Å². The first kappa shape index (κ1) is 28.3. The van der Waals surface area contributed by atoms with Crippen LogP contribution in [0.4, 0.5) is 24.5 Å². The summed E-state index contributed by atoms with van der Waals surface area (Å²) in [6, 6.07) is 12.1. The summed E-state index contributed by atoms with van der Waals surface area (Å²) in [5, 5.41) is 6.16. The molecular formula is C30H31F3N6O2. The van der Waals surface area contributed by atoms with E-state index in [2.05, 4.69) is 32.4 Å². The molecule has 11 heteroatoms. The van der Waals surface area contributed by atoms with Crippen molar-refractivity contribution in [2.24, 2.45) is 0 Å². The van der Waals surface area contributed by atoms with Gasteiger partial charge in [-0.25, -0.2) is 4.98 Å². The van der Waals surface area contributed by atoms with Crippen molar-refractivity contribution in [1.29, 1.82) is 0 Å². The molecule has 0 bridgehead atoms. The van der Waals surface area contributed by atoms with Crippen LogP contribution >= 0.6 is 0 Å². The number of hydrogen-bond donors (Lipinski definition) is 3. The van der Waals surface area contributed by atoms with Crippen LogP contribution < -0.4 is 10.6 Å². The average Bonchev–Trinajstić information content (AvgIpc) is 3.43. The predicted molar refractivity (Wildman–Crippen MR) is 152 cm³/mol. The van der Waals surface area contributed by atoms with Crippen LogP contribution in [0.5, 0.6) is 0 Å². The molecule has 4 aromatic rings. The molecule has 0 radical (unpaired) electrons. The summed E-state index contributed by atoms with van der Waals surface area (Å²) in [5.74, 6) is -0.991. The quantitative estimate of drug-likeness (QED) is 0.275. The highest BCUT2D eigenvalue weighted by Crippen LogP contribution is 2.35. The van der Waals surface area contributed by atoms with Gasteiger partial charge in [0.15, 0.2) is 0 Å². The van der Waals surface area contributed by atoms with Gasteiger partial charge in [-0.15, -0.1) is 0 Å². The van der Waals surface area contributed by atoms with Gasteiger partial charge in [-0.1, -0.05) is 19.1 Å². The van der Waals surface area contributed by atoms with Crippen LogP contribution in [-0.2, 0) is 12.7 Å². The molecule has 3 heterocycles. The first-order chi connectivity index (χ1) is 19.6. The van der Waals surface area contributed by atoms with E-state index in [4.69, 9.17) is 0 Å². The van der Waals surface area contributed by atoms with Crippen molar-refractivity contribution in [1.82, 2.24) is 19.8 Å². The van der Waals surface area contributed by atoms with Crippen molar-refractivity contribution in [2.75, 3.05) is 43.4 Å². The number of alkyl halides is 3. The van der Waals surface area contributed by atoms with Gasteiger partial charge in [0.25, 0.3) is 11.8 Å². The Hall–Kier alpha value is -4.22. The number of fused-ring (bicyclic) bond motifs is 1. The van der Waals surface area contributed by atoms with E-state index in [9.17, 15) is 22.8 Å². The van der Waals surface area contributed by atoms with E-state index in [1.54, 1.807) is 37.4 Å². The minimum Gasteiger partial charge on any atom is -0.346 e. The van der Waals surface area contributed by atoms with Crippen molar-refractivity contribution in [3.05, 3.63) is 88.7 Å². The number of aromatic nitrogens is 2. The number of aromatic amines is 1. The minimum atomic E-state index is -4.57. The molecule has 5 rings (SSSR count). The smallest absolute Gasteiger partial charge is 0.346 e. The van der Waals surface area contributed by atoms with Gasteiger partial charge in [-0.2, -0.15) is 13.2 Å². The van der Waals surface area contributed by atoms with Crippen LogP contribution in [0.3, 0.4) is 0 Å². The molecule has 41 heavy (non-hydrogen) atoms. The summed E-state index contributed by atoms with van der Waals surface area (Å²) in [6.07, 6.45) is -1.39. The Kier molecular flexibility index (Phi) is 8.09. The van der Waals surface area contributed by atoms with Gasteiger partial charge in [0.2, 0.25) is 0 Å². The molecular weight excluding hydrogens is 533 g/mol. The number of nitrogens with zero attached hydrogens (tertiary/aromatic N) is 3. The van der Waals surface area contributed by atoms with E-state index >= 15 is 0 Å². The molecule has 2 aromatic carbocycles. The Bertz CT molecular complexity index is 1570. The standard InChI is InChI=1S/C30H31F3N6O2/c1-3-38-10-12-39(13-11-38)18-22-6-7-24(16-25(22)30(31,32)33)36-28(40)21-5-4-19(2)26(15-21)37-29(41)23-14-20-8-9-34-27(20)35-17-23/h4-9,14-17H,3,10-13,18H2,1-2H3,(H,34,35)(H,36,40)(H,37,41). The number of pyridine rings is 1. The van der Waals surface area contributed by atoms with Gasteiger partial charge in [0, 0.05) is 67.4 Å². The number of carbonyl (C=O) groups is 2. The summed E-state index contributed by atoms with van der Waals surface area (Å²) >= 11 is 0. The summed E-state index contributed by atoms with van der Waals surface area (Å²) in [7, 11) is 0. The maximum atomic E-state index is 14.0. The number of piperazine rings is 1. The van der Waals surface area contributed by atoms with E-state index in [0.717, 1.165) is 31.1 Å². The molecule has 0 unspecified atom stereocenters. The van der Waals surface area contributed by atoms with Gasteiger partial charge < -0.3 is 20.5 Å². The Morgan fingerprint density at radius 3 is 2.39 bits per heavy atom. The van der Waals surface area contributed by atoms with Crippen LogP contribution in [0.15, 0.2) is 60.9 Å². The lowest BCUT2D eigenvalue weighted by molar-refractivity contribution is -0.138. The van der Waals surface area contributed by atoms with E-state index in [1.807, 2.05) is 4.90 Å². The first-order valence-electron chi connectivity index (χ1n) is 13.4. The van der Waals surface area contributed by atoms with Crippen molar-refractivity contribution >= 4 is 34.2 Å². The number of hydrogen-bond acceptors (Lipinski definition) is 5. The molecule has 1 aliphatic rings. The molecule has 1 fully saturated rings. The van der Waals surface area contributed by atoms with E-state index in [-0.39, 0.29) is 23.4 Å². The van der Waals surface area contributed by atoms with Crippen LogP contribution in [0.25, 0.3) is 11.0 Å². The zero-order valence-corrected chi connectivity index (χ0v) is 22.8. The van der Waals surface area contributed by atoms with Crippen LogP contribution in [0, 0.1) is 6.92 Å². The second-order valence-corrected chi connectivity index (χ2v) is 10.2. The third-order valence-corrected chi connectivity index (χ3v) is 7.39. The first-order valence-corrected chi connectivity index (χ1v) is 13.4. The number of aryl methyl sites for hydroxylation is 1. The normalized spacial score (nSPS) is 14.8. The van der Waals surface area contributed by atoms with E-state index < -0.39 is 23.6 Å². The predicted octanol–water partition coefficient (Wildman–Crippen LogP) is 5.53. The Balaban J connectivity index is 1.30. The number of rotatable bonds is 7. The fourth-order valence-corrected chi connectivity index (χ4v) is 4.92. The molecule has 0 spiro atoms. The van der Waals surface area contributed by atoms with Crippen molar-refractivity contribution in [3.63, 3.8) is 0 Å². The second-order valence-electron chi connectivity index (χ2n) is 10.2. The summed E-state index contributed by atoms with van der Waals surface area (Å²) in [5.41, 5.74) is 1.77. The van der Waals surface area contributed by atoms with Crippen molar-refractivity contribution in [3.8, 4) is 0 Å². The van der Waals surface area contributed by atoms with Gasteiger partial charge in [-0.05, 0) is 61.0 Å². The lowest BCUT2D eigenvalue weighted by atomic mass is 10.0. The number of likely N-dealkylation sites (N-methyl/N-ethyl adjacent to an activating group) is 1. The number of amides is 2. The molecule has 3 N–H and O–H groups in total. The lowest BCUT2D eigenvalue weighted by Crippen LogP contribution is -2.45. The fraction of sp³-hybridized carbons (Fsp3) is 0.300. The number of H-pyrrole nitrogens is 1. The van der Waals surface area contributed by atoms with E-state index in [1.165, 1.54) is 24.4 Å². The minimum absolute atomic E-state index is 0.0407. The monoisotopic (exact) mass is 564 g/mol. The highest BCUT2D eigenvalue weighted by molar-refractivity contribution is 6.08. The van der Waals surface area contributed by atoms with Gasteiger partial charge in [0.05, 0.1) is 11.1 Å². The number of halogens is 3. The largest absolute Gasteiger partial charge is 0.416 e. The fourth-order valence-electron chi connectivity index (χ4n) is 4.92. The zero-order valence-electron chi connectivity index (χ0n) is 22.8. The Labute approximate surface area is 235 Å². The van der Waals surface area contributed by atoms with Crippen LogP contribution in [0.1, 0.15) is 44.3 Å². The van der Waals surface area contributed by atoms with Gasteiger partial charge in [0.1, 0.15) is 5.65 Å². The number of benzene rings is 2. The molecule has 1 aliphatic heterocycles. The summed E-state index contributed by atoms with van der Waals surface area (Å²) in [4.78, 5) is 37.4. The van der Waals surface area contributed by atoms with Gasteiger partial charge >= 0.3 is 6.18 Å². The Morgan fingerprint density at radius 2 is 1.66 bits per heavy atom. The van der Waals surface area contributed by atoms with Gasteiger partial charge in [-0.3, -0.25) is 14.5 Å². The molecule has 8 nitrogen and oxygen atoms in total. The maximum Gasteiger partial charge on any atom is 0.416 e. The lowest BCUT2D eigenvalue weighted by Gasteiger charge is -2.34. The second kappa shape index (κ2) is 11.7. The highest BCUT2D eigenvalue weighted by atomic mass is 19.4. The molecule has 0 aliphatic carbocycles. The van der Waals surface area contributed by atoms with Crippen LogP contribution in [-0.4, -0.2) is 64.3 Å². The third kappa shape index (κ3) is 6.58. The third-order valence-electron chi connectivity index (χ3n) is 7.39. The average molecular weight is 565 g/mol. The maximum absolute atomic E-state index is 14.0. The molecule has 2 amide bonds. The van der Waals surface area contributed by atoms with E-state index in [0.29, 0.717) is 35.6 Å². The van der Waals surface area contributed by atoms with Crippen LogP contribution in [0.2, 0.25) is 0 Å². The number of carbonyl (C=O) groups excluding carboxylic acids is 2. The summed E-state index contributed by atoms with van der Waals surface area (Å²) in [6.45, 7) is 8.01. The number of anilines is 2. The topological polar surface area (TPSA) is 93.4 Å². The Morgan fingerprint density at radius 1 is 0.927 bits per heavy atom. The molecule has 214 valence electrons. The molecule has 0 saturated carbocycles. The highest BCUT2D eigenvalue weighted by Gasteiger charge is 2.34. The summed E-state index contributed by atoms with van der Waals surface area (Å²) < 4.78 is 42.0. The zero-order chi connectivity index (χ0) is 29.1. The van der Waals surface area contributed by atoms with Crippen molar-refractivity contribution < 1.29 is 22.8 Å².